The first-order valence-electron chi connectivity index (χ1n) is 14.9. The van der Waals surface area contributed by atoms with Gasteiger partial charge in [-0.15, -0.1) is 0 Å². The van der Waals surface area contributed by atoms with E-state index in [0.717, 1.165) is 5.69 Å². The fraction of sp³-hybridized carbons (Fsp3) is 0.0250. The van der Waals surface area contributed by atoms with Crippen LogP contribution in [0.4, 0.5) is 0 Å². The van der Waals surface area contributed by atoms with E-state index in [0.29, 0.717) is 6.54 Å². The maximum absolute atomic E-state index is 5.29. The first-order valence-corrected chi connectivity index (χ1v) is 22.1. The number of benzene rings is 4. The number of pyridine rings is 1. The third-order valence-corrected chi connectivity index (χ3v) is 11.7. The molecule has 1 heterocycles. The van der Waals surface area contributed by atoms with E-state index in [9.17, 15) is 0 Å². The number of halogens is 2. The molecule has 48 heavy (non-hydrogen) atoms. The summed E-state index contributed by atoms with van der Waals surface area (Å²) >= 11 is -0.346. The van der Waals surface area contributed by atoms with Crippen molar-refractivity contribution < 1.29 is 32.2 Å². The molecule has 0 unspecified atom stereocenters. The maximum atomic E-state index is 5.29. The number of nitrogens with two attached hydrogens (primary N) is 1. The zero-order valence-electron chi connectivity index (χ0n) is 26.1. The van der Waals surface area contributed by atoms with Crippen LogP contribution >= 0.6 is 35.2 Å². The standard InChI is InChI=1S/2C17H14P.C6H8N2.2ClH.Fe.Ru/c2*1-3-9-15(10-4-1)18(17-13-7-8-14-17)16-11-5-2-6-12-16;7-5-6-3-1-2-4-8-6;;;;/h2*1-14H;1-4H,5,7H2;2*1H;;/q;;;;;2*+2/p-2. The predicted molar refractivity (Wildman–Crippen MR) is 203 cm³/mol. The summed E-state index contributed by atoms with van der Waals surface area (Å²) in [5, 5.41) is 5.63. The molecule has 0 saturated heterocycles. The molecular formula is C40H36Cl2FeN2P2Ru+2. The molecule has 0 bridgehead atoms. The van der Waals surface area contributed by atoms with E-state index in [1.165, 1.54) is 32.5 Å². The second kappa shape index (κ2) is 24.7. The van der Waals surface area contributed by atoms with E-state index >= 15 is 0 Å². The van der Waals surface area contributed by atoms with Gasteiger partial charge < -0.3 is 5.73 Å². The second-order valence-corrected chi connectivity index (χ2v) is 17.0. The quantitative estimate of drug-likeness (QED) is 0.132. The van der Waals surface area contributed by atoms with Gasteiger partial charge in [-0.1, -0.05) is 127 Å². The summed E-state index contributed by atoms with van der Waals surface area (Å²) in [7, 11) is 8.89. The van der Waals surface area contributed by atoms with E-state index < -0.39 is 15.8 Å². The molecule has 5 aromatic rings. The molecule has 1 aromatic heterocycles. The molecule has 2 fully saturated rings. The Morgan fingerprint density at radius 3 is 1.00 bits per heavy atom. The van der Waals surface area contributed by atoms with E-state index in [4.69, 9.17) is 25.1 Å². The van der Waals surface area contributed by atoms with Crippen molar-refractivity contribution in [1.82, 2.24) is 4.98 Å². The summed E-state index contributed by atoms with van der Waals surface area (Å²) < 4.78 is 0. The minimum atomic E-state index is -0.409. The van der Waals surface area contributed by atoms with Gasteiger partial charge in [0.05, 0.1) is 5.69 Å². The summed E-state index contributed by atoms with van der Waals surface area (Å²) in [5.74, 6) is 0. The summed E-state index contributed by atoms with van der Waals surface area (Å²) in [5.41, 5.74) is 9.06. The average molecular weight is 835 g/mol. The molecule has 244 valence electrons. The molecule has 2 N–H and O–H groups in total. The van der Waals surface area contributed by atoms with Gasteiger partial charge in [0.1, 0.15) is 0 Å². The Morgan fingerprint density at radius 1 is 0.479 bits per heavy atom. The van der Waals surface area contributed by atoms with Crippen LogP contribution in [0.25, 0.3) is 0 Å². The van der Waals surface area contributed by atoms with Crippen LogP contribution in [0.3, 0.4) is 0 Å². The number of rotatable bonds is 7. The average Bonchev–Trinajstić information content (AvgIpc) is 3.88. The van der Waals surface area contributed by atoms with Crippen LogP contribution in [-0.4, -0.2) is 4.98 Å². The first kappa shape index (κ1) is 41.0. The molecule has 2 saturated carbocycles. The summed E-state index contributed by atoms with van der Waals surface area (Å²) in [6.45, 7) is 0.529. The number of hydrogen-bond acceptors (Lipinski definition) is 2. The van der Waals surface area contributed by atoms with Crippen LogP contribution in [0.15, 0.2) is 146 Å². The molecule has 2 aliphatic carbocycles. The maximum Gasteiger partial charge on any atom is 2.00 e. The van der Waals surface area contributed by atoms with Gasteiger partial charge in [0.2, 0.25) is 0 Å². The van der Waals surface area contributed by atoms with Gasteiger partial charge in [-0.3, -0.25) is 4.98 Å². The van der Waals surface area contributed by atoms with Crippen molar-refractivity contribution in [3.63, 3.8) is 0 Å². The largest absolute Gasteiger partial charge is 2.00 e. The molecule has 4 aromatic carbocycles. The molecule has 0 spiro atoms. The molecule has 0 aliphatic heterocycles. The summed E-state index contributed by atoms with van der Waals surface area (Å²) in [6, 6.07) is 48.8. The molecule has 10 radical (unpaired) electrons. The number of aromatic nitrogens is 1. The van der Waals surface area contributed by atoms with Crippen LogP contribution in [0, 0.1) is 62.7 Å². The van der Waals surface area contributed by atoms with E-state index in [1.807, 2.05) is 18.2 Å². The van der Waals surface area contributed by atoms with E-state index in [1.54, 1.807) is 6.20 Å². The predicted octanol–water partition coefficient (Wildman–Crippen LogP) is 8.88. The third-order valence-electron chi connectivity index (χ3n) is 6.80. The molecular weight excluding hydrogens is 798 g/mol. The monoisotopic (exact) mass is 834 g/mol. The normalized spacial score (nSPS) is 14.2. The van der Waals surface area contributed by atoms with Gasteiger partial charge in [0, 0.05) is 24.1 Å². The zero-order chi connectivity index (χ0) is 32.9. The van der Waals surface area contributed by atoms with Gasteiger partial charge in [-0.25, -0.2) is 0 Å². The van der Waals surface area contributed by atoms with Crippen LogP contribution < -0.4 is 27.0 Å². The Kier molecular flexibility index (Phi) is 21.1. The van der Waals surface area contributed by atoms with Gasteiger partial charge >= 0.3 is 51.6 Å². The number of nitrogens with zero attached hydrogens (tertiary/aromatic N) is 1. The smallest absolute Gasteiger partial charge is 2.00 e. The van der Waals surface area contributed by atoms with Crippen molar-refractivity contribution in [2.75, 3.05) is 0 Å². The third kappa shape index (κ3) is 13.7. The minimum absolute atomic E-state index is 0. The molecule has 8 heteroatoms. The van der Waals surface area contributed by atoms with Gasteiger partial charge in [-0.05, 0) is 101 Å². The summed E-state index contributed by atoms with van der Waals surface area (Å²) in [4.78, 5) is 3.97. The topological polar surface area (TPSA) is 38.9 Å². The van der Waals surface area contributed by atoms with Crippen LogP contribution in [0.1, 0.15) is 5.69 Å². The minimum Gasteiger partial charge on any atom is 2.00 e. The van der Waals surface area contributed by atoms with Crippen molar-refractivity contribution in [2.24, 2.45) is 5.73 Å². The van der Waals surface area contributed by atoms with Crippen molar-refractivity contribution in [1.29, 1.82) is 0 Å². The van der Waals surface area contributed by atoms with Crippen molar-refractivity contribution in [3.05, 3.63) is 214 Å². The molecule has 0 amide bonds. The Balaban J connectivity index is 0.000000197. The van der Waals surface area contributed by atoms with Gasteiger partial charge in [0.25, 0.3) is 0 Å². The Morgan fingerprint density at radius 2 is 0.771 bits per heavy atom. The first-order chi connectivity index (χ1) is 23.2. The van der Waals surface area contributed by atoms with E-state index in [-0.39, 0.29) is 32.2 Å². The van der Waals surface area contributed by atoms with Gasteiger partial charge in [-0.2, -0.15) is 0 Å². The van der Waals surface area contributed by atoms with Crippen molar-refractivity contribution in [2.45, 2.75) is 6.54 Å². The van der Waals surface area contributed by atoms with E-state index in [2.05, 4.69) is 178 Å². The van der Waals surface area contributed by atoms with Crippen molar-refractivity contribution in [3.8, 4) is 0 Å². The molecule has 0 atom stereocenters. The summed E-state index contributed by atoms with van der Waals surface area (Å²) in [6.07, 6.45) is 19.1. The zero-order valence-corrected chi connectivity index (χ0v) is 32.2. The van der Waals surface area contributed by atoms with Crippen LogP contribution in [-0.2, 0) is 38.8 Å². The second-order valence-electron chi connectivity index (χ2n) is 9.87. The molecule has 7 rings (SSSR count). The number of hydrogen-bond donors (Lipinski definition) is 1. The van der Waals surface area contributed by atoms with Crippen LogP contribution in [0.2, 0.25) is 0 Å². The van der Waals surface area contributed by atoms with Gasteiger partial charge in [0.15, 0.2) is 0 Å². The van der Waals surface area contributed by atoms with Crippen LogP contribution in [0.5, 0.6) is 0 Å². The fourth-order valence-corrected chi connectivity index (χ4v) is 9.36. The Bertz CT molecular complexity index is 1310. The Labute approximate surface area is 317 Å². The fourth-order valence-electron chi connectivity index (χ4n) is 4.75. The SMILES string of the molecule is NCc1ccccn1.[CH]1[CH][CH][C](P(c2ccccc2)c2ccccc2)[CH]1.[CH]1[CH][CH][C](P(c2ccccc2)c2ccccc2)[CH]1.[Cl][Ru][Cl].[Fe+2]. The van der Waals surface area contributed by atoms with Crippen molar-refractivity contribution >= 4 is 56.4 Å². The Hall–Kier alpha value is -1.43. The molecule has 2 nitrogen and oxygen atoms in total. The molecule has 2 aliphatic rings.